The summed E-state index contributed by atoms with van der Waals surface area (Å²) in [7, 11) is 1.07. The second kappa shape index (κ2) is 8.01. The van der Waals surface area contributed by atoms with Gasteiger partial charge in [0.2, 0.25) is 5.78 Å². The fourth-order valence-corrected chi connectivity index (χ4v) is 1.98. The first kappa shape index (κ1) is 18.1. The normalized spacial score (nSPS) is 10.9. The molecule has 25 heavy (non-hydrogen) atoms. The highest BCUT2D eigenvalue weighted by molar-refractivity contribution is 6.80. The molecule has 0 saturated heterocycles. The van der Waals surface area contributed by atoms with Gasteiger partial charge in [-0.25, -0.2) is 4.79 Å². The van der Waals surface area contributed by atoms with Crippen LogP contribution in [0.25, 0.3) is 0 Å². The highest BCUT2D eigenvalue weighted by Crippen LogP contribution is 2.10. The summed E-state index contributed by atoms with van der Waals surface area (Å²) in [5.74, 6) is -2.91. The van der Waals surface area contributed by atoms with E-state index in [0.29, 0.717) is 5.69 Å². The molecule has 128 valence electrons. The molecule has 0 atom stereocenters. The van der Waals surface area contributed by atoms with Crippen molar-refractivity contribution in [2.45, 2.75) is 13.8 Å². The van der Waals surface area contributed by atoms with Crippen LogP contribution in [0.2, 0.25) is 0 Å². The van der Waals surface area contributed by atoms with Crippen molar-refractivity contribution in [1.82, 2.24) is 0 Å². The molecule has 0 aliphatic carbocycles. The van der Waals surface area contributed by atoms with E-state index < -0.39 is 23.2 Å². The highest BCUT2D eigenvalue weighted by atomic mass is 16.5. The van der Waals surface area contributed by atoms with Gasteiger partial charge in [0.1, 0.15) is 0 Å². The molecule has 0 spiro atoms. The van der Waals surface area contributed by atoms with Crippen molar-refractivity contribution >= 4 is 28.9 Å². The van der Waals surface area contributed by atoms with Crippen LogP contribution in [0.3, 0.4) is 0 Å². The summed E-state index contributed by atoms with van der Waals surface area (Å²) in [6.07, 6.45) is 0. The van der Waals surface area contributed by atoms with Crippen molar-refractivity contribution in [2.75, 3.05) is 12.5 Å². The van der Waals surface area contributed by atoms with Gasteiger partial charge >= 0.3 is 5.97 Å². The number of hydrogen-bond acceptors (Lipinski definition) is 6. The third-order valence-electron chi connectivity index (χ3n) is 3.46. The van der Waals surface area contributed by atoms with E-state index in [2.05, 4.69) is 15.3 Å². The molecule has 0 aromatic heterocycles. The summed E-state index contributed by atoms with van der Waals surface area (Å²) in [4.78, 5) is 36.3. The average Bonchev–Trinajstić information content (AvgIpc) is 2.62. The van der Waals surface area contributed by atoms with Gasteiger partial charge in [0.05, 0.1) is 12.8 Å². The molecule has 0 aliphatic rings. The molecule has 2 aromatic carbocycles. The minimum atomic E-state index is -1.15. The number of carbonyl (C=O) groups excluding carboxylic acids is 3. The first-order chi connectivity index (χ1) is 11.9. The van der Waals surface area contributed by atoms with E-state index in [1.54, 1.807) is 36.4 Å². The summed E-state index contributed by atoms with van der Waals surface area (Å²) < 4.78 is 4.42. The maximum absolute atomic E-state index is 12.6. The molecule has 0 bridgehead atoms. The average molecular weight is 338 g/mol. The second-order valence-corrected chi connectivity index (χ2v) is 5.45. The molecule has 2 rings (SSSR count). The Bertz CT molecular complexity index is 822. The lowest BCUT2D eigenvalue weighted by Crippen LogP contribution is -2.32. The van der Waals surface area contributed by atoms with E-state index in [4.69, 9.17) is 0 Å². The fraction of sp³-hybridized carbons (Fsp3) is 0.158. The van der Waals surface area contributed by atoms with Crippen molar-refractivity contribution in [1.29, 1.82) is 0 Å². The standard InChI is InChI=1S/C19H18N2O4/c1-12-4-8-14(9-5-12)17(22)16(18(23)19(24)25-3)21-20-15-10-6-13(2)7-11-15/h4-11,20H,1-3H3. The molecule has 0 amide bonds. The van der Waals surface area contributed by atoms with E-state index in [1.165, 1.54) is 0 Å². The van der Waals surface area contributed by atoms with Gasteiger partial charge in [-0.05, 0) is 26.0 Å². The third kappa shape index (κ3) is 4.60. The Morgan fingerprint density at radius 2 is 1.40 bits per heavy atom. The predicted octanol–water partition coefficient (Wildman–Crippen LogP) is 2.70. The van der Waals surface area contributed by atoms with E-state index in [1.807, 2.05) is 26.0 Å². The van der Waals surface area contributed by atoms with Crippen molar-refractivity contribution in [3.8, 4) is 0 Å². The summed E-state index contributed by atoms with van der Waals surface area (Å²) in [5, 5.41) is 3.86. The third-order valence-corrected chi connectivity index (χ3v) is 3.46. The van der Waals surface area contributed by atoms with Gasteiger partial charge in [-0.2, -0.15) is 5.10 Å². The number of anilines is 1. The number of benzene rings is 2. The number of Topliss-reactive ketones (excluding diaryl/α,β-unsaturated/α-hetero) is 2. The van der Waals surface area contributed by atoms with Crippen molar-refractivity contribution in [2.24, 2.45) is 5.10 Å². The molecule has 0 saturated carbocycles. The maximum Gasteiger partial charge on any atom is 0.381 e. The lowest BCUT2D eigenvalue weighted by Gasteiger charge is -2.06. The van der Waals surface area contributed by atoms with E-state index in [-0.39, 0.29) is 5.56 Å². The molecule has 1 N–H and O–H groups in total. The number of ether oxygens (including phenoxy) is 1. The Labute approximate surface area is 145 Å². The number of ketones is 2. The number of carbonyl (C=O) groups is 3. The van der Waals surface area contributed by atoms with Crippen LogP contribution < -0.4 is 5.43 Å². The van der Waals surface area contributed by atoms with Crippen molar-refractivity contribution in [3.63, 3.8) is 0 Å². The van der Waals surface area contributed by atoms with Crippen LogP contribution >= 0.6 is 0 Å². The Kier molecular flexibility index (Phi) is 5.79. The molecule has 6 heteroatoms. The van der Waals surface area contributed by atoms with Gasteiger partial charge in [-0.1, -0.05) is 47.5 Å². The smallest absolute Gasteiger partial charge is 0.381 e. The van der Waals surface area contributed by atoms with Gasteiger partial charge in [0.15, 0.2) is 5.71 Å². The summed E-state index contributed by atoms with van der Waals surface area (Å²) in [6, 6.07) is 13.8. The second-order valence-electron chi connectivity index (χ2n) is 5.45. The van der Waals surface area contributed by atoms with Crippen LogP contribution in [-0.4, -0.2) is 30.4 Å². The fourth-order valence-electron chi connectivity index (χ4n) is 1.98. The van der Waals surface area contributed by atoms with Gasteiger partial charge in [0, 0.05) is 5.56 Å². The molecular weight excluding hydrogens is 320 g/mol. The highest BCUT2D eigenvalue weighted by Gasteiger charge is 2.28. The lowest BCUT2D eigenvalue weighted by atomic mass is 10.0. The van der Waals surface area contributed by atoms with Gasteiger partial charge < -0.3 is 4.74 Å². The predicted molar refractivity (Wildman–Crippen MR) is 94.8 cm³/mol. The van der Waals surface area contributed by atoms with E-state index in [9.17, 15) is 14.4 Å². The minimum Gasteiger partial charge on any atom is -0.463 e. The first-order valence-corrected chi connectivity index (χ1v) is 7.56. The van der Waals surface area contributed by atoms with Crippen LogP contribution in [0.1, 0.15) is 21.5 Å². The van der Waals surface area contributed by atoms with Crippen LogP contribution in [-0.2, 0) is 14.3 Å². The monoisotopic (exact) mass is 338 g/mol. The number of esters is 1. The summed E-state index contributed by atoms with van der Waals surface area (Å²) >= 11 is 0. The number of hydrazone groups is 1. The van der Waals surface area contributed by atoms with Crippen molar-refractivity contribution < 1.29 is 19.1 Å². The Morgan fingerprint density at radius 1 is 0.880 bits per heavy atom. The first-order valence-electron chi connectivity index (χ1n) is 7.56. The van der Waals surface area contributed by atoms with Crippen molar-refractivity contribution in [3.05, 3.63) is 65.2 Å². The van der Waals surface area contributed by atoms with Gasteiger partial charge in [-0.15, -0.1) is 0 Å². The van der Waals surface area contributed by atoms with Gasteiger partial charge in [-0.3, -0.25) is 15.0 Å². The van der Waals surface area contributed by atoms with Crippen LogP contribution in [0.15, 0.2) is 53.6 Å². The molecule has 6 nitrogen and oxygen atoms in total. The van der Waals surface area contributed by atoms with E-state index >= 15 is 0 Å². The molecule has 0 radical (unpaired) electrons. The quantitative estimate of drug-likeness (QED) is 0.219. The van der Waals surface area contributed by atoms with E-state index in [0.717, 1.165) is 18.2 Å². The van der Waals surface area contributed by atoms with Crippen LogP contribution in [0, 0.1) is 13.8 Å². The number of rotatable bonds is 6. The number of aryl methyl sites for hydroxylation is 2. The number of methoxy groups -OCH3 is 1. The van der Waals surface area contributed by atoms with Crippen LogP contribution in [0.4, 0.5) is 5.69 Å². The summed E-state index contributed by atoms with van der Waals surface area (Å²) in [6.45, 7) is 3.81. The summed E-state index contributed by atoms with van der Waals surface area (Å²) in [5.41, 5.74) is 4.96. The number of nitrogens with one attached hydrogen (secondary N) is 1. The zero-order valence-corrected chi connectivity index (χ0v) is 14.2. The Balaban J connectivity index is 2.34. The SMILES string of the molecule is COC(=O)C(=O)C(=NNc1ccc(C)cc1)C(=O)c1ccc(C)cc1. The van der Waals surface area contributed by atoms with Crippen LogP contribution in [0.5, 0.6) is 0 Å². The molecule has 0 fully saturated rings. The number of hydrogen-bond donors (Lipinski definition) is 1. The Morgan fingerprint density at radius 3 is 1.92 bits per heavy atom. The zero-order chi connectivity index (χ0) is 18.4. The molecule has 0 heterocycles. The maximum atomic E-state index is 12.6. The lowest BCUT2D eigenvalue weighted by molar-refractivity contribution is -0.148. The number of nitrogens with zero attached hydrogens (tertiary/aromatic N) is 1. The largest absolute Gasteiger partial charge is 0.463 e. The minimum absolute atomic E-state index is 0.257. The van der Waals surface area contributed by atoms with Gasteiger partial charge in [0.25, 0.3) is 5.78 Å². The topological polar surface area (TPSA) is 84.8 Å². The zero-order valence-electron chi connectivity index (χ0n) is 14.2. The molecular formula is C19H18N2O4. The Hall–Kier alpha value is -3.28. The molecule has 0 unspecified atom stereocenters. The molecule has 2 aromatic rings. The molecule has 0 aliphatic heterocycles.